The number of carbonyl (C=O) groups is 1. The van der Waals surface area contributed by atoms with Crippen LogP contribution < -0.4 is 10.1 Å². The largest absolute Gasteiger partial charge is 0.496 e. The summed E-state index contributed by atoms with van der Waals surface area (Å²) in [5.41, 5.74) is 2.37. The number of benzene rings is 1. The van der Waals surface area contributed by atoms with E-state index in [-0.39, 0.29) is 5.91 Å². The molecule has 1 N–H and O–H groups in total. The fraction of sp³-hybridized carbons (Fsp3) is 0.381. The van der Waals surface area contributed by atoms with Crippen LogP contribution in [0.4, 0.5) is 0 Å². The summed E-state index contributed by atoms with van der Waals surface area (Å²) in [6, 6.07) is 7.72. The molecule has 7 heteroatoms. The summed E-state index contributed by atoms with van der Waals surface area (Å²) >= 11 is 3.30. The standard InChI is InChI=1S/C21H23N3O2S2/c1-13-23-20(19-15-8-4-6-10-17(15)28-21(19)24-13)27-12-18(25)22-11-14-7-3-5-9-16(14)26-2/h3,5,7,9H,4,6,8,10-12H2,1-2H3,(H,22,25). The number of methoxy groups -OCH3 is 1. The van der Waals surface area contributed by atoms with Gasteiger partial charge in [0.05, 0.1) is 12.9 Å². The van der Waals surface area contributed by atoms with Crippen LogP contribution in [0.1, 0.15) is 34.7 Å². The summed E-state index contributed by atoms with van der Waals surface area (Å²) in [5, 5.41) is 5.10. The monoisotopic (exact) mass is 413 g/mol. The molecule has 0 atom stereocenters. The number of amides is 1. The maximum absolute atomic E-state index is 12.4. The van der Waals surface area contributed by atoms with E-state index in [2.05, 4.69) is 15.3 Å². The molecule has 1 aromatic carbocycles. The lowest BCUT2D eigenvalue weighted by molar-refractivity contribution is -0.118. The van der Waals surface area contributed by atoms with Crippen LogP contribution in [0.15, 0.2) is 29.3 Å². The van der Waals surface area contributed by atoms with Crippen LogP contribution in [0.3, 0.4) is 0 Å². The van der Waals surface area contributed by atoms with E-state index in [1.807, 2.05) is 31.2 Å². The predicted molar refractivity (Wildman–Crippen MR) is 114 cm³/mol. The SMILES string of the molecule is COc1ccccc1CNC(=O)CSc1nc(C)nc2sc3c(c12)CCCC3. The molecule has 4 rings (SSSR count). The van der Waals surface area contributed by atoms with Gasteiger partial charge in [-0.3, -0.25) is 4.79 Å². The summed E-state index contributed by atoms with van der Waals surface area (Å²) in [6.07, 6.45) is 4.70. The van der Waals surface area contributed by atoms with Gasteiger partial charge >= 0.3 is 0 Å². The van der Waals surface area contributed by atoms with Crippen LogP contribution in [0, 0.1) is 6.92 Å². The van der Waals surface area contributed by atoms with Gasteiger partial charge in [-0.05, 0) is 44.2 Å². The Bertz CT molecular complexity index is 1020. The molecule has 1 amide bonds. The number of thiophene rings is 1. The predicted octanol–water partition coefficient (Wildman–Crippen LogP) is 4.30. The second-order valence-electron chi connectivity index (χ2n) is 6.84. The Hall–Kier alpha value is -2.12. The smallest absolute Gasteiger partial charge is 0.230 e. The average Bonchev–Trinajstić information content (AvgIpc) is 3.08. The van der Waals surface area contributed by atoms with Gasteiger partial charge < -0.3 is 10.1 Å². The number of hydrogen-bond acceptors (Lipinski definition) is 6. The maximum atomic E-state index is 12.4. The van der Waals surface area contributed by atoms with Crippen molar-refractivity contribution in [3.8, 4) is 5.75 Å². The minimum Gasteiger partial charge on any atom is -0.496 e. The van der Waals surface area contributed by atoms with Crippen molar-refractivity contribution >= 4 is 39.2 Å². The van der Waals surface area contributed by atoms with Crippen molar-refractivity contribution in [1.29, 1.82) is 0 Å². The van der Waals surface area contributed by atoms with Crippen molar-refractivity contribution < 1.29 is 9.53 Å². The van der Waals surface area contributed by atoms with E-state index >= 15 is 0 Å². The molecule has 0 bridgehead atoms. The Morgan fingerprint density at radius 3 is 2.93 bits per heavy atom. The molecule has 146 valence electrons. The number of aromatic nitrogens is 2. The van der Waals surface area contributed by atoms with Crippen LogP contribution in [0.2, 0.25) is 0 Å². The first-order chi connectivity index (χ1) is 13.7. The van der Waals surface area contributed by atoms with Crippen molar-refractivity contribution in [3.63, 3.8) is 0 Å². The van der Waals surface area contributed by atoms with E-state index in [0.717, 1.165) is 39.8 Å². The second kappa shape index (κ2) is 8.49. The van der Waals surface area contributed by atoms with Gasteiger partial charge in [0.15, 0.2) is 0 Å². The van der Waals surface area contributed by atoms with Gasteiger partial charge in [0, 0.05) is 22.4 Å². The fourth-order valence-corrected chi connectivity index (χ4v) is 5.86. The molecule has 0 radical (unpaired) electrons. The summed E-state index contributed by atoms with van der Waals surface area (Å²) < 4.78 is 5.34. The third kappa shape index (κ3) is 4.00. The van der Waals surface area contributed by atoms with Gasteiger partial charge in [0.1, 0.15) is 21.4 Å². The molecule has 1 aliphatic rings. The van der Waals surface area contributed by atoms with E-state index < -0.39 is 0 Å². The molecular formula is C21H23N3O2S2. The molecule has 0 fully saturated rings. The number of hydrogen-bond donors (Lipinski definition) is 1. The molecule has 3 aromatic rings. The number of fused-ring (bicyclic) bond motifs is 3. The van der Waals surface area contributed by atoms with Gasteiger partial charge in [-0.25, -0.2) is 9.97 Å². The van der Waals surface area contributed by atoms with Crippen LogP contribution in [-0.4, -0.2) is 28.7 Å². The Labute approximate surface area is 172 Å². The van der Waals surface area contributed by atoms with E-state index in [1.165, 1.54) is 40.4 Å². The number of aryl methyl sites for hydroxylation is 3. The van der Waals surface area contributed by atoms with E-state index in [1.54, 1.807) is 18.4 Å². The summed E-state index contributed by atoms with van der Waals surface area (Å²) in [6.45, 7) is 2.37. The molecule has 28 heavy (non-hydrogen) atoms. The number of nitrogens with one attached hydrogen (secondary N) is 1. The number of ether oxygens (including phenoxy) is 1. The van der Waals surface area contributed by atoms with Crippen molar-refractivity contribution in [2.24, 2.45) is 0 Å². The molecule has 0 saturated carbocycles. The molecule has 0 aliphatic heterocycles. The highest BCUT2D eigenvalue weighted by molar-refractivity contribution is 8.00. The number of para-hydroxylation sites is 1. The van der Waals surface area contributed by atoms with Gasteiger partial charge in [-0.15, -0.1) is 11.3 Å². The number of nitrogens with zero attached hydrogens (tertiary/aromatic N) is 2. The van der Waals surface area contributed by atoms with Crippen molar-refractivity contribution in [1.82, 2.24) is 15.3 Å². The third-order valence-electron chi connectivity index (χ3n) is 4.90. The lowest BCUT2D eigenvalue weighted by atomic mass is 9.97. The molecule has 0 unspecified atom stereocenters. The van der Waals surface area contributed by atoms with Gasteiger partial charge in [-0.1, -0.05) is 30.0 Å². The first-order valence-electron chi connectivity index (χ1n) is 9.46. The summed E-state index contributed by atoms with van der Waals surface area (Å²) in [5.74, 6) is 1.88. The highest BCUT2D eigenvalue weighted by Crippen LogP contribution is 2.39. The summed E-state index contributed by atoms with van der Waals surface area (Å²) in [7, 11) is 1.64. The molecular weight excluding hydrogens is 390 g/mol. The normalized spacial score (nSPS) is 13.4. The maximum Gasteiger partial charge on any atom is 0.230 e. The topological polar surface area (TPSA) is 64.1 Å². The minimum absolute atomic E-state index is 0.00980. The van der Waals surface area contributed by atoms with E-state index in [9.17, 15) is 4.79 Å². The number of thioether (sulfide) groups is 1. The number of rotatable bonds is 6. The Morgan fingerprint density at radius 1 is 1.25 bits per heavy atom. The van der Waals surface area contributed by atoms with Crippen molar-refractivity contribution in [2.45, 2.75) is 44.2 Å². The van der Waals surface area contributed by atoms with Gasteiger partial charge in [0.25, 0.3) is 0 Å². The quantitative estimate of drug-likeness (QED) is 0.482. The first-order valence-corrected chi connectivity index (χ1v) is 11.3. The lowest BCUT2D eigenvalue weighted by Crippen LogP contribution is -2.24. The Kier molecular flexibility index (Phi) is 5.82. The van der Waals surface area contributed by atoms with Crippen LogP contribution >= 0.6 is 23.1 Å². The Morgan fingerprint density at radius 2 is 2.07 bits per heavy atom. The second-order valence-corrected chi connectivity index (χ2v) is 8.89. The average molecular weight is 414 g/mol. The zero-order valence-electron chi connectivity index (χ0n) is 16.1. The molecule has 2 aromatic heterocycles. The van der Waals surface area contributed by atoms with Crippen LogP contribution in [-0.2, 0) is 24.2 Å². The molecule has 5 nitrogen and oxygen atoms in total. The zero-order valence-corrected chi connectivity index (χ0v) is 17.7. The fourth-order valence-electron chi connectivity index (χ4n) is 3.56. The third-order valence-corrected chi connectivity index (χ3v) is 7.06. The first kappa shape index (κ1) is 19.2. The van der Waals surface area contributed by atoms with Gasteiger partial charge in [-0.2, -0.15) is 0 Å². The van der Waals surface area contributed by atoms with Crippen LogP contribution in [0.25, 0.3) is 10.2 Å². The molecule has 0 spiro atoms. The summed E-state index contributed by atoms with van der Waals surface area (Å²) in [4.78, 5) is 24.2. The van der Waals surface area contributed by atoms with Crippen molar-refractivity contribution in [3.05, 3.63) is 46.1 Å². The highest BCUT2D eigenvalue weighted by Gasteiger charge is 2.21. The molecule has 1 aliphatic carbocycles. The van der Waals surface area contributed by atoms with Gasteiger partial charge in [0.2, 0.25) is 5.91 Å². The molecule has 0 saturated heterocycles. The number of carbonyl (C=O) groups excluding carboxylic acids is 1. The van der Waals surface area contributed by atoms with Crippen molar-refractivity contribution in [2.75, 3.05) is 12.9 Å². The van der Waals surface area contributed by atoms with Crippen LogP contribution in [0.5, 0.6) is 5.75 Å². The Balaban J connectivity index is 1.46. The zero-order chi connectivity index (χ0) is 19.5. The van der Waals surface area contributed by atoms with E-state index in [0.29, 0.717) is 12.3 Å². The molecule has 2 heterocycles. The minimum atomic E-state index is -0.00980. The highest BCUT2D eigenvalue weighted by atomic mass is 32.2. The van der Waals surface area contributed by atoms with E-state index in [4.69, 9.17) is 4.74 Å². The lowest BCUT2D eigenvalue weighted by Gasteiger charge is -2.12.